The number of benzene rings is 1. The molecule has 4 heteroatoms. The van der Waals surface area contributed by atoms with E-state index in [9.17, 15) is 4.79 Å². The number of aryl methyl sites for hydroxylation is 1. The van der Waals surface area contributed by atoms with Crippen molar-refractivity contribution >= 4 is 17.3 Å². The molecule has 1 aromatic carbocycles. The maximum Gasteiger partial charge on any atom is 0.246 e. The van der Waals surface area contributed by atoms with Crippen LogP contribution >= 0.6 is 0 Å². The van der Waals surface area contributed by atoms with Crippen molar-refractivity contribution in [1.29, 1.82) is 0 Å². The Morgan fingerprint density at radius 1 is 1.41 bits per heavy atom. The van der Waals surface area contributed by atoms with E-state index in [1.54, 1.807) is 7.11 Å². The molecule has 0 aliphatic carbocycles. The van der Waals surface area contributed by atoms with Crippen molar-refractivity contribution in [1.82, 2.24) is 0 Å². The number of fused-ring (bicyclic) bond motifs is 1. The summed E-state index contributed by atoms with van der Waals surface area (Å²) in [6, 6.07) is 5.82. The van der Waals surface area contributed by atoms with E-state index in [4.69, 9.17) is 4.74 Å². The maximum absolute atomic E-state index is 11.9. The first-order valence-electron chi connectivity index (χ1n) is 5.88. The molecule has 0 radical (unpaired) electrons. The number of rotatable bonds is 4. The summed E-state index contributed by atoms with van der Waals surface area (Å²) in [5, 5.41) is 6.24. The molecular weight excluding hydrogens is 216 g/mol. The zero-order valence-corrected chi connectivity index (χ0v) is 10.2. The van der Waals surface area contributed by atoms with Crippen LogP contribution in [0.15, 0.2) is 18.2 Å². The Morgan fingerprint density at radius 3 is 3.00 bits per heavy atom. The Balaban J connectivity index is 2.08. The van der Waals surface area contributed by atoms with Crippen molar-refractivity contribution in [3.05, 3.63) is 23.8 Å². The molecule has 1 aliphatic heterocycles. The van der Waals surface area contributed by atoms with E-state index in [0.717, 1.165) is 29.8 Å². The molecule has 0 saturated heterocycles. The standard InChI is InChI=1S/C13H18N2O2/c1-9-5-3-6-10-12(9)15-13(16)11(14-10)7-4-8-17-2/h3,5-6,11,14H,4,7-8H2,1-2H3,(H,15,16). The predicted molar refractivity (Wildman–Crippen MR) is 68.3 cm³/mol. The summed E-state index contributed by atoms with van der Waals surface area (Å²) in [6.07, 6.45) is 1.66. The van der Waals surface area contributed by atoms with E-state index < -0.39 is 0 Å². The van der Waals surface area contributed by atoms with Crippen molar-refractivity contribution < 1.29 is 9.53 Å². The highest BCUT2D eigenvalue weighted by molar-refractivity contribution is 6.03. The third-order valence-electron chi connectivity index (χ3n) is 3.01. The number of hydrogen-bond acceptors (Lipinski definition) is 3. The van der Waals surface area contributed by atoms with E-state index in [1.807, 2.05) is 25.1 Å². The number of anilines is 2. The molecule has 1 atom stereocenters. The van der Waals surface area contributed by atoms with E-state index in [-0.39, 0.29) is 11.9 Å². The lowest BCUT2D eigenvalue weighted by Crippen LogP contribution is -2.39. The normalized spacial score (nSPS) is 18.2. The summed E-state index contributed by atoms with van der Waals surface area (Å²) < 4.78 is 5.00. The van der Waals surface area contributed by atoms with Gasteiger partial charge in [0.2, 0.25) is 5.91 Å². The summed E-state index contributed by atoms with van der Waals surface area (Å²) in [7, 11) is 1.67. The molecular formula is C13H18N2O2. The average molecular weight is 234 g/mol. The van der Waals surface area contributed by atoms with Crippen LogP contribution in [-0.2, 0) is 9.53 Å². The number of hydrogen-bond donors (Lipinski definition) is 2. The van der Waals surface area contributed by atoms with Crippen LogP contribution in [0.5, 0.6) is 0 Å². The van der Waals surface area contributed by atoms with Gasteiger partial charge in [-0.2, -0.15) is 0 Å². The van der Waals surface area contributed by atoms with Gasteiger partial charge in [-0.25, -0.2) is 0 Å². The molecule has 17 heavy (non-hydrogen) atoms. The average Bonchev–Trinajstić information content (AvgIpc) is 2.31. The monoisotopic (exact) mass is 234 g/mol. The molecule has 4 nitrogen and oxygen atoms in total. The molecule has 1 amide bonds. The quantitative estimate of drug-likeness (QED) is 0.785. The first kappa shape index (κ1) is 11.9. The van der Waals surface area contributed by atoms with Crippen LogP contribution in [0.25, 0.3) is 0 Å². The van der Waals surface area contributed by atoms with Gasteiger partial charge in [0.15, 0.2) is 0 Å². The van der Waals surface area contributed by atoms with Crippen LogP contribution in [0.3, 0.4) is 0 Å². The number of carbonyl (C=O) groups excluding carboxylic acids is 1. The van der Waals surface area contributed by atoms with Gasteiger partial charge in [0.25, 0.3) is 0 Å². The van der Waals surface area contributed by atoms with E-state index in [1.165, 1.54) is 0 Å². The Labute approximate surface area is 101 Å². The van der Waals surface area contributed by atoms with Crippen LogP contribution in [0.1, 0.15) is 18.4 Å². The fourth-order valence-corrected chi connectivity index (χ4v) is 2.05. The summed E-state index contributed by atoms with van der Waals surface area (Å²) in [5.41, 5.74) is 2.99. The smallest absolute Gasteiger partial charge is 0.246 e. The van der Waals surface area contributed by atoms with E-state index >= 15 is 0 Å². The zero-order chi connectivity index (χ0) is 12.3. The molecule has 1 aliphatic rings. The molecule has 2 N–H and O–H groups in total. The number of methoxy groups -OCH3 is 1. The zero-order valence-electron chi connectivity index (χ0n) is 10.2. The second kappa shape index (κ2) is 5.19. The van der Waals surface area contributed by atoms with Gasteiger partial charge in [0.05, 0.1) is 11.4 Å². The highest BCUT2D eigenvalue weighted by Gasteiger charge is 2.25. The van der Waals surface area contributed by atoms with Gasteiger partial charge in [-0.3, -0.25) is 4.79 Å². The lowest BCUT2D eigenvalue weighted by atomic mass is 10.0. The summed E-state index contributed by atoms with van der Waals surface area (Å²) >= 11 is 0. The third-order valence-corrected chi connectivity index (χ3v) is 3.01. The minimum atomic E-state index is -0.153. The Kier molecular flexibility index (Phi) is 3.64. The molecule has 0 aromatic heterocycles. The topological polar surface area (TPSA) is 50.4 Å². The van der Waals surface area contributed by atoms with Crippen LogP contribution in [0, 0.1) is 6.92 Å². The molecule has 0 fully saturated rings. The first-order valence-corrected chi connectivity index (χ1v) is 5.88. The first-order chi connectivity index (χ1) is 8.22. The fraction of sp³-hybridized carbons (Fsp3) is 0.462. The molecule has 92 valence electrons. The number of nitrogens with one attached hydrogen (secondary N) is 2. The van der Waals surface area contributed by atoms with Gasteiger partial charge in [-0.1, -0.05) is 12.1 Å². The van der Waals surface area contributed by atoms with Gasteiger partial charge >= 0.3 is 0 Å². The lowest BCUT2D eigenvalue weighted by Gasteiger charge is -2.27. The molecule has 0 spiro atoms. The van der Waals surface area contributed by atoms with Gasteiger partial charge in [0, 0.05) is 13.7 Å². The molecule has 1 unspecified atom stereocenters. The van der Waals surface area contributed by atoms with Gasteiger partial charge < -0.3 is 15.4 Å². The second-order valence-corrected chi connectivity index (χ2v) is 4.32. The van der Waals surface area contributed by atoms with Gasteiger partial charge in [0.1, 0.15) is 6.04 Å². The van der Waals surface area contributed by atoms with Crippen LogP contribution in [0.4, 0.5) is 11.4 Å². The van der Waals surface area contributed by atoms with Gasteiger partial charge in [-0.15, -0.1) is 0 Å². The van der Waals surface area contributed by atoms with Crippen LogP contribution in [-0.4, -0.2) is 25.7 Å². The Hall–Kier alpha value is -1.55. The third kappa shape index (κ3) is 2.58. The maximum atomic E-state index is 11.9. The summed E-state index contributed by atoms with van der Waals surface area (Å²) in [4.78, 5) is 11.9. The Morgan fingerprint density at radius 2 is 2.24 bits per heavy atom. The molecule has 1 aromatic rings. The minimum absolute atomic E-state index is 0.0444. The highest BCUT2D eigenvalue weighted by atomic mass is 16.5. The summed E-state index contributed by atoms with van der Waals surface area (Å²) in [5.74, 6) is 0.0444. The Bertz CT molecular complexity index is 418. The molecule has 0 bridgehead atoms. The van der Waals surface area contributed by atoms with Crippen molar-refractivity contribution in [2.24, 2.45) is 0 Å². The lowest BCUT2D eigenvalue weighted by molar-refractivity contribution is -0.117. The highest BCUT2D eigenvalue weighted by Crippen LogP contribution is 2.30. The van der Waals surface area contributed by atoms with E-state index in [0.29, 0.717) is 6.61 Å². The fourth-order valence-electron chi connectivity index (χ4n) is 2.05. The van der Waals surface area contributed by atoms with Crippen molar-refractivity contribution in [3.63, 3.8) is 0 Å². The minimum Gasteiger partial charge on any atom is -0.385 e. The summed E-state index contributed by atoms with van der Waals surface area (Å²) in [6.45, 7) is 2.68. The number of carbonyl (C=O) groups is 1. The van der Waals surface area contributed by atoms with Crippen LogP contribution in [0.2, 0.25) is 0 Å². The largest absolute Gasteiger partial charge is 0.385 e. The SMILES string of the molecule is COCCCC1Nc2cccc(C)c2NC1=O. The van der Waals surface area contributed by atoms with E-state index in [2.05, 4.69) is 10.6 Å². The second-order valence-electron chi connectivity index (χ2n) is 4.32. The number of ether oxygens (including phenoxy) is 1. The van der Waals surface area contributed by atoms with Crippen molar-refractivity contribution in [2.75, 3.05) is 24.4 Å². The van der Waals surface area contributed by atoms with Crippen molar-refractivity contribution in [2.45, 2.75) is 25.8 Å². The van der Waals surface area contributed by atoms with Gasteiger partial charge in [-0.05, 0) is 31.4 Å². The molecule has 2 rings (SSSR count). The number of para-hydroxylation sites is 1. The van der Waals surface area contributed by atoms with Crippen molar-refractivity contribution in [3.8, 4) is 0 Å². The number of amides is 1. The molecule has 1 heterocycles. The molecule has 0 saturated carbocycles. The predicted octanol–water partition coefficient (Wildman–Crippen LogP) is 2.15. The van der Waals surface area contributed by atoms with Crippen LogP contribution < -0.4 is 10.6 Å².